The Morgan fingerprint density at radius 2 is 1.88 bits per heavy atom. The third-order valence-electron chi connectivity index (χ3n) is 5.07. The van der Waals surface area contributed by atoms with E-state index >= 15 is 0 Å². The van der Waals surface area contributed by atoms with Crippen LogP contribution in [0.15, 0.2) is 65.0 Å². The van der Waals surface area contributed by atoms with Gasteiger partial charge in [-0.15, -0.1) is 11.3 Å². The van der Waals surface area contributed by atoms with E-state index < -0.39 is 10.0 Å². The molecule has 4 aromatic rings. The van der Waals surface area contributed by atoms with Gasteiger partial charge in [0.1, 0.15) is 5.75 Å². The van der Waals surface area contributed by atoms with Crippen LogP contribution in [0.5, 0.6) is 5.75 Å². The number of nitrogens with one attached hydrogen (secondary N) is 1. The third-order valence-corrected chi connectivity index (χ3v) is 6.89. The van der Waals surface area contributed by atoms with Crippen LogP contribution in [-0.2, 0) is 27.7 Å². The summed E-state index contributed by atoms with van der Waals surface area (Å²) in [4.78, 5) is 18.0. The SMILES string of the molecule is CCOc1ccc(-c2cn3c(CC(=O)NCCc4ccc(S(N)(=O)=O)cc4)csc3n2)cc1. The van der Waals surface area contributed by atoms with Gasteiger partial charge in [-0.2, -0.15) is 0 Å². The van der Waals surface area contributed by atoms with E-state index in [4.69, 9.17) is 9.88 Å². The molecule has 0 saturated carbocycles. The molecule has 10 heteroatoms. The largest absolute Gasteiger partial charge is 0.494 e. The maximum atomic E-state index is 12.5. The molecule has 0 atom stereocenters. The van der Waals surface area contributed by atoms with Crippen LogP contribution in [0.4, 0.5) is 0 Å². The van der Waals surface area contributed by atoms with Crippen molar-refractivity contribution in [3.8, 4) is 17.0 Å². The number of benzene rings is 2. The van der Waals surface area contributed by atoms with Crippen LogP contribution >= 0.6 is 11.3 Å². The summed E-state index contributed by atoms with van der Waals surface area (Å²) in [6, 6.07) is 14.1. The van der Waals surface area contributed by atoms with Gasteiger partial charge in [0, 0.05) is 29.4 Å². The maximum Gasteiger partial charge on any atom is 0.238 e. The minimum Gasteiger partial charge on any atom is -0.494 e. The van der Waals surface area contributed by atoms with E-state index in [-0.39, 0.29) is 17.2 Å². The molecular weight excluding hydrogens is 460 g/mol. The zero-order chi connectivity index (χ0) is 23.4. The van der Waals surface area contributed by atoms with Crippen LogP contribution in [-0.4, -0.2) is 36.9 Å². The second-order valence-corrected chi connectivity index (χ2v) is 9.83. The van der Waals surface area contributed by atoms with E-state index in [1.54, 1.807) is 12.1 Å². The first-order chi connectivity index (χ1) is 15.8. The van der Waals surface area contributed by atoms with Crippen LogP contribution in [0.2, 0.25) is 0 Å². The lowest BCUT2D eigenvalue weighted by Gasteiger charge is -2.06. The van der Waals surface area contributed by atoms with E-state index in [2.05, 4.69) is 10.3 Å². The second kappa shape index (κ2) is 9.74. The minimum atomic E-state index is -3.70. The molecule has 172 valence electrons. The van der Waals surface area contributed by atoms with Gasteiger partial charge in [-0.05, 0) is 55.3 Å². The first-order valence-corrected chi connectivity index (χ1v) is 12.8. The van der Waals surface area contributed by atoms with Crippen LogP contribution < -0.4 is 15.2 Å². The van der Waals surface area contributed by atoms with Crippen molar-refractivity contribution < 1.29 is 17.9 Å². The van der Waals surface area contributed by atoms with Crippen molar-refractivity contribution in [1.82, 2.24) is 14.7 Å². The molecule has 8 nitrogen and oxygen atoms in total. The van der Waals surface area contributed by atoms with Gasteiger partial charge >= 0.3 is 0 Å². The van der Waals surface area contributed by atoms with Crippen molar-refractivity contribution in [2.75, 3.05) is 13.2 Å². The fourth-order valence-electron chi connectivity index (χ4n) is 3.40. The molecule has 0 aliphatic carbocycles. The van der Waals surface area contributed by atoms with Gasteiger partial charge in [-0.25, -0.2) is 18.5 Å². The average molecular weight is 485 g/mol. The van der Waals surface area contributed by atoms with Crippen LogP contribution in [0, 0.1) is 0 Å². The first-order valence-electron chi connectivity index (χ1n) is 10.4. The predicted molar refractivity (Wildman–Crippen MR) is 128 cm³/mol. The molecule has 0 aliphatic rings. The summed E-state index contributed by atoms with van der Waals surface area (Å²) >= 11 is 1.49. The van der Waals surface area contributed by atoms with Gasteiger partial charge in [-0.1, -0.05) is 12.1 Å². The number of thiazole rings is 1. The summed E-state index contributed by atoms with van der Waals surface area (Å²) in [5.41, 5.74) is 3.61. The van der Waals surface area contributed by atoms with Crippen LogP contribution in [0.25, 0.3) is 16.2 Å². The number of hydrogen-bond donors (Lipinski definition) is 2. The number of hydrogen-bond acceptors (Lipinski definition) is 6. The van der Waals surface area contributed by atoms with Crippen molar-refractivity contribution >= 4 is 32.2 Å². The lowest BCUT2D eigenvalue weighted by molar-refractivity contribution is -0.120. The smallest absolute Gasteiger partial charge is 0.238 e. The molecule has 0 unspecified atom stereocenters. The lowest BCUT2D eigenvalue weighted by Crippen LogP contribution is -2.27. The molecule has 1 amide bonds. The molecule has 0 aliphatic heterocycles. The fraction of sp³-hybridized carbons (Fsp3) is 0.217. The number of nitrogens with zero attached hydrogens (tertiary/aromatic N) is 2. The normalized spacial score (nSPS) is 11.6. The molecule has 0 bridgehead atoms. The van der Waals surface area contributed by atoms with Gasteiger partial charge in [-0.3, -0.25) is 9.20 Å². The van der Waals surface area contributed by atoms with Gasteiger partial charge in [0.2, 0.25) is 15.9 Å². The lowest BCUT2D eigenvalue weighted by atomic mass is 10.1. The Kier molecular flexibility index (Phi) is 6.77. The molecule has 2 heterocycles. The summed E-state index contributed by atoms with van der Waals surface area (Å²) in [7, 11) is -3.70. The second-order valence-electron chi connectivity index (χ2n) is 7.43. The molecular formula is C23H24N4O4S2. The summed E-state index contributed by atoms with van der Waals surface area (Å²) in [6.07, 6.45) is 2.77. The molecule has 0 spiro atoms. The highest BCUT2D eigenvalue weighted by atomic mass is 32.2. The molecule has 33 heavy (non-hydrogen) atoms. The number of nitrogens with two attached hydrogens (primary N) is 1. The Balaban J connectivity index is 1.35. The summed E-state index contributed by atoms with van der Waals surface area (Å²) < 4.78 is 30.1. The molecule has 2 aromatic carbocycles. The quantitative estimate of drug-likeness (QED) is 0.379. The van der Waals surface area contributed by atoms with Gasteiger partial charge < -0.3 is 10.1 Å². The molecule has 3 N–H and O–H groups in total. The number of imidazole rings is 1. The topological polar surface area (TPSA) is 116 Å². The third kappa shape index (κ3) is 5.59. The summed E-state index contributed by atoms with van der Waals surface area (Å²) in [5, 5.41) is 9.96. The zero-order valence-corrected chi connectivity index (χ0v) is 19.7. The first kappa shape index (κ1) is 23.0. The van der Waals surface area contributed by atoms with Crippen molar-refractivity contribution in [2.45, 2.75) is 24.7 Å². The van der Waals surface area contributed by atoms with E-state index in [9.17, 15) is 13.2 Å². The van der Waals surface area contributed by atoms with Crippen molar-refractivity contribution in [2.24, 2.45) is 5.14 Å². The number of carbonyl (C=O) groups is 1. The Hall–Kier alpha value is -3.21. The minimum absolute atomic E-state index is 0.0710. The number of primary sulfonamides is 1. The van der Waals surface area contributed by atoms with E-state index in [1.165, 1.54) is 23.5 Å². The number of aromatic nitrogens is 2. The zero-order valence-electron chi connectivity index (χ0n) is 18.0. The Bertz CT molecular complexity index is 1360. The molecule has 0 fully saturated rings. The van der Waals surface area contributed by atoms with Crippen molar-refractivity contribution in [3.05, 3.63) is 71.4 Å². The van der Waals surface area contributed by atoms with Crippen LogP contribution in [0.3, 0.4) is 0 Å². The molecule has 0 radical (unpaired) electrons. The van der Waals surface area contributed by atoms with Gasteiger partial charge in [0.25, 0.3) is 0 Å². The summed E-state index contributed by atoms with van der Waals surface area (Å²) in [5.74, 6) is 0.729. The molecule has 4 rings (SSSR count). The maximum absolute atomic E-state index is 12.5. The number of ether oxygens (including phenoxy) is 1. The van der Waals surface area contributed by atoms with E-state index in [1.807, 2.05) is 47.2 Å². The Morgan fingerprint density at radius 3 is 2.55 bits per heavy atom. The standard InChI is InChI=1S/C23H24N4O4S2/c1-2-31-19-7-5-17(6-8-19)21-14-27-18(15-32-23(27)26-21)13-22(28)25-12-11-16-3-9-20(10-4-16)33(24,29)30/h3-10,14-15H,2,11-13H2,1H3,(H,25,28)(H2,24,29,30). The number of rotatable bonds is 9. The monoisotopic (exact) mass is 484 g/mol. The number of fused-ring (bicyclic) bond motifs is 1. The molecule has 0 saturated heterocycles. The highest BCUT2D eigenvalue weighted by Gasteiger charge is 2.13. The fourth-order valence-corrected chi connectivity index (χ4v) is 4.79. The number of sulfonamides is 1. The van der Waals surface area contributed by atoms with Crippen molar-refractivity contribution in [3.63, 3.8) is 0 Å². The van der Waals surface area contributed by atoms with E-state index in [0.717, 1.165) is 33.2 Å². The molecule has 2 aromatic heterocycles. The highest BCUT2D eigenvalue weighted by Crippen LogP contribution is 2.25. The van der Waals surface area contributed by atoms with Gasteiger partial charge in [0.15, 0.2) is 4.96 Å². The van der Waals surface area contributed by atoms with Crippen molar-refractivity contribution in [1.29, 1.82) is 0 Å². The Labute approximate surface area is 196 Å². The number of carbonyl (C=O) groups excluding carboxylic acids is 1. The predicted octanol–water partition coefficient (Wildman–Crippen LogP) is 3.01. The Morgan fingerprint density at radius 1 is 1.15 bits per heavy atom. The van der Waals surface area contributed by atoms with Gasteiger partial charge in [0.05, 0.1) is 23.6 Å². The van der Waals surface area contributed by atoms with Crippen LogP contribution in [0.1, 0.15) is 18.2 Å². The highest BCUT2D eigenvalue weighted by molar-refractivity contribution is 7.89. The summed E-state index contributed by atoms with van der Waals surface area (Å²) in [6.45, 7) is 3.02. The number of amides is 1. The average Bonchev–Trinajstić information content (AvgIpc) is 3.36. The van der Waals surface area contributed by atoms with E-state index in [0.29, 0.717) is 19.6 Å².